The fraction of sp³-hybridized carbons (Fsp3) is 0.300. The van der Waals surface area contributed by atoms with E-state index in [0.717, 1.165) is 4.31 Å². The van der Waals surface area contributed by atoms with E-state index in [4.69, 9.17) is 5.73 Å². The van der Waals surface area contributed by atoms with Crippen LogP contribution in [-0.4, -0.2) is 44.3 Å². The number of hydrogen-bond donors (Lipinski definition) is 2. The maximum atomic E-state index is 12.7. The van der Waals surface area contributed by atoms with Crippen molar-refractivity contribution in [2.24, 2.45) is 0 Å². The van der Waals surface area contributed by atoms with Crippen LogP contribution in [0, 0.1) is 6.92 Å². The van der Waals surface area contributed by atoms with E-state index in [1.54, 1.807) is 18.5 Å². The van der Waals surface area contributed by atoms with Gasteiger partial charge in [-0.15, -0.1) is 11.3 Å². The van der Waals surface area contributed by atoms with Crippen LogP contribution in [0.2, 0.25) is 0 Å². The molecule has 3 heterocycles. The van der Waals surface area contributed by atoms with Gasteiger partial charge in [0.15, 0.2) is 21.6 Å². The van der Waals surface area contributed by atoms with Gasteiger partial charge in [-0.3, -0.25) is 9.50 Å². The number of imidazole rings is 1. The molecule has 0 aliphatic rings. The van der Waals surface area contributed by atoms with Crippen LogP contribution in [0.3, 0.4) is 0 Å². The van der Waals surface area contributed by atoms with Gasteiger partial charge in [0.1, 0.15) is 5.82 Å². The highest BCUT2D eigenvalue weighted by Gasteiger charge is 2.29. The summed E-state index contributed by atoms with van der Waals surface area (Å²) in [6, 6.07) is 0. The van der Waals surface area contributed by atoms with E-state index in [1.807, 2.05) is 0 Å². The predicted molar refractivity (Wildman–Crippen MR) is 77.3 cm³/mol. The van der Waals surface area contributed by atoms with Crippen LogP contribution in [0.15, 0.2) is 16.6 Å². The highest BCUT2D eigenvalue weighted by Crippen LogP contribution is 2.26. The number of nitrogens with two attached hydrogens (primary N) is 1. The number of H-pyrrole nitrogens is 1. The Morgan fingerprint density at radius 2 is 2.24 bits per heavy atom. The number of nitrogens with zero attached hydrogens (tertiary/aromatic N) is 5. The van der Waals surface area contributed by atoms with Crippen molar-refractivity contribution >= 4 is 32.1 Å². The Morgan fingerprint density at radius 3 is 2.90 bits per heavy atom. The fourth-order valence-corrected chi connectivity index (χ4v) is 3.99. The lowest BCUT2D eigenvalue weighted by atomic mass is 10.6. The highest BCUT2D eigenvalue weighted by molar-refractivity contribution is 7.89. The van der Waals surface area contributed by atoms with Crippen LogP contribution in [0.1, 0.15) is 11.6 Å². The maximum absolute atomic E-state index is 12.7. The molecule has 9 nitrogen and oxygen atoms in total. The SMILES string of the molecule is Cc1nc(CN(C)S(=O)(=O)c2c(N)nc3sccn23)n[nH]1. The van der Waals surface area contributed by atoms with Crippen molar-refractivity contribution in [3.63, 3.8) is 0 Å². The number of anilines is 1. The number of rotatable bonds is 4. The molecule has 11 heteroatoms. The quantitative estimate of drug-likeness (QED) is 0.707. The summed E-state index contributed by atoms with van der Waals surface area (Å²) in [6.45, 7) is 1.79. The first kappa shape index (κ1) is 14.0. The first-order chi connectivity index (χ1) is 9.89. The molecule has 0 radical (unpaired) electrons. The lowest BCUT2D eigenvalue weighted by molar-refractivity contribution is 0.454. The van der Waals surface area contributed by atoms with E-state index in [-0.39, 0.29) is 17.4 Å². The van der Waals surface area contributed by atoms with Gasteiger partial charge in [0.2, 0.25) is 0 Å². The highest BCUT2D eigenvalue weighted by atomic mass is 32.2. The molecule has 3 aromatic heterocycles. The second-order valence-corrected chi connectivity index (χ2v) is 7.29. The van der Waals surface area contributed by atoms with Crippen molar-refractivity contribution in [2.45, 2.75) is 18.5 Å². The lowest BCUT2D eigenvalue weighted by Gasteiger charge is -2.15. The molecule has 112 valence electrons. The zero-order valence-electron chi connectivity index (χ0n) is 11.3. The average molecular weight is 327 g/mol. The number of aromatic amines is 1. The van der Waals surface area contributed by atoms with Crippen molar-refractivity contribution in [1.82, 2.24) is 28.9 Å². The molecule has 0 spiro atoms. The molecule has 0 saturated carbocycles. The molecule has 0 atom stereocenters. The molecule has 0 saturated heterocycles. The van der Waals surface area contributed by atoms with Crippen molar-refractivity contribution < 1.29 is 8.42 Å². The molecule has 0 fully saturated rings. The normalized spacial score (nSPS) is 12.5. The topological polar surface area (TPSA) is 122 Å². The number of hydrogen-bond acceptors (Lipinski definition) is 7. The molecule has 0 bridgehead atoms. The fourth-order valence-electron chi connectivity index (χ4n) is 1.93. The summed E-state index contributed by atoms with van der Waals surface area (Å²) < 4.78 is 27.9. The summed E-state index contributed by atoms with van der Waals surface area (Å²) in [6.07, 6.45) is 1.63. The third kappa shape index (κ3) is 2.28. The molecule has 0 aliphatic heterocycles. The number of thiazole rings is 1. The standard InChI is InChI=1S/C10H13N7O2S2/c1-6-12-7(15-14-6)5-16(2)21(18,19)9-8(11)13-10-17(9)3-4-20-10/h3-4H,5,11H2,1-2H3,(H,12,14,15). The van der Waals surface area contributed by atoms with Crippen LogP contribution >= 0.6 is 11.3 Å². The Balaban J connectivity index is 1.99. The average Bonchev–Trinajstić information content (AvgIpc) is 3.05. The number of nitrogens with one attached hydrogen (secondary N) is 1. The minimum Gasteiger partial charge on any atom is -0.381 e. The summed E-state index contributed by atoms with van der Waals surface area (Å²) in [7, 11) is -2.34. The first-order valence-corrected chi connectivity index (χ1v) is 8.27. The third-order valence-corrected chi connectivity index (χ3v) is 5.51. The molecule has 0 unspecified atom stereocenters. The van der Waals surface area contributed by atoms with Gasteiger partial charge in [0.05, 0.1) is 6.54 Å². The molecule has 3 aromatic rings. The van der Waals surface area contributed by atoms with Gasteiger partial charge in [-0.25, -0.2) is 18.4 Å². The third-order valence-electron chi connectivity index (χ3n) is 2.91. The largest absolute Gasteiger partial charge is 0.381 e. The van der Waals surface area contributed by atoms with Crippen molar-refractivity contribution in [2.75, 3.05) is 12.8 Å². The number of fused-ring (bicyclic) bond motifs is 1. The van der Waals surface area contributed by atoms with Gasteiger partial charge in [-0.05, 0) is 6.92 Å². The lowest BCUT2D eigenvalue weighted by Crippen LogP contribution is -2.28. The summed E-state index contributed by atoms with van der Waals surface area (Å²) in [5.74, 6) is 1.00. The maximum Gasteiger partial charge on any atom is 0.263 e. The Bertz CT molecular complexity index is 892. The number of aromatic nitrogens is 5. The van der Waals surface area contributed by atoms with Gasteiger partial charge < -0.3 is 5.73 Å². The van der Waals surface area contributed by atoms with Crippen molar-refractivity contribution in [1.29, 1.82) is 0 Å². The molecule has 3 N–H and O–H groups in total. The molecule has 3 rings (SSSR count). The zero-order chi connectivity index (χ0) is 15.2. The Hall–Kier alpha value is -1.98. The monoisotopic (exact) mass is 327 g/mol. The predicted octanol–water partition coefficient (Wildman–Crippen LogP) is 0.225. The molecule has 0 aromatic carbocycles. The number of aryl methyl sites for hydroxylation is 1. The second kappa shape index (κ2) is 4.79. The first-order valence-electron chi connectivity index (χ1n) is 5.95. The molecule has 0 amide bonds. The summed E-state index contributed by atoms with van der Waals surface area (Å²) in [5.41, 5.74) is 5.75. The summed E-state index contributed by atoms with van der Waals surface area (Å²) in [5, 5.41) is 8.32. The molecular formula is C10H13N7O2S2. The van der Waals surface area contributed by atoms with E-state index < -0.39 is 10.0 Å². The van der Waals surface area contributed by atoms with Crippen LogP contribution in [0.4, 0.5) is 5.82 Å². The van der Waals surface area contributed by atoms with Crippen molar-refractivity contribution in [3.8, 4) is 0 Å². The van der Waals surface area contributed by atoms with Crippen LogP contribution in [0.5, 0.6) is 0 Å². The van der Waals surface area contributed by atoms with Gasteiger partial charge in [-0.2, -0.15) is 9.40 Å². The van der Waals surface area contributed by atoms with Crippen LogP contribution < -0.4 is 5.73 Å². The van der Waals surface area contributed by atoms with Crippen LogP contribution in [-0.2, 0) is 16.6 Å². The van der Waals surface area contributed by atoms with Crippen molar-refractivity contribution in [3.05, 3.63) is 23.2 Å². The Morgan fingerprint density at radius 1 is 1.48 bits per heavy atom. The minimum absolute atomic E-state index is 0.0140. The second-order valence-electron chi connectivity index (χ2n) is 4.46. The minimum atomic E-state index is -3.79. The van der Waals surface area contributed by atoms with Crippen LogP contribution in [0.25, 0.3) is 4.96 Å². The number of sulfonamides is 1. The summed E-state index contributed by atoms with van der Waals surface area (Å²) >= 11 is 1.32. The zero-order valence-corrected chi connectivity index (χ0v) is 12.9. The van der Waals surface area contributed by atoms with Gasteiger partial charge in [0.25, 0.3) is 10.0 Å². The molecule has 21 heavy (non-hydrogen) atoms. The Kier molecular flexibility index (Phi) is 3.19. The van der Waals surface area contributed by atoms with E-state index in [1.165, 1.54) is 22.8 Å². The Labute approximate surface area is 124 Å². The van der Waals surface area contributed by atoms with Gasteiger partial charge in [-0.1, -0.05) is 0 Å². The smallest absolute Gasteiger partial charge is 0.263 e. The van der Waals surface area contributed by atoms with Gasteiger partial charge in [0, 0.05) is 18.6 Å². The van der Waals surface area contributed by atoms with E-state index in [9.17, 15) is 8.42 Å². The summed E-state index contributed by atoms with van der Waals surface area (Å²) in [4.78, 5) is 8.68. The molecular weight excluding hydrogens is 314 g/mol. The van der Waals surface area contributed by atoms with Gasteiger partial charge >= 0.3 is 0 Å². The molecule has 0 aliphatic carbocycles. The van der Waals surface area contributed by atoms with E-state index in [2.05, 4.69) is 20.2 Å². The van der Waals surface area contributed by atoms with E-state index >= 15 is 0 Å². The van der Waals surface area contributed by atoms with E-state index in [0.29, 0.717) is 16.6 Å². The number of nitrogen functional groups attached to an aromatic ring is 1.